The summed E-state index contributed by atoms with van der Waals surface area (Å²) in [6.45, 7) is -0.513. The maximum atomic E-state index is 12.8. The second kappa shape index (κ2) is 8.15. The highest BCUT2D eigenvalue weighted by atomic mass is 32.2. The molecule has 132 valence electrons. The van der Waals surface area contributed by atoms with Crippen LogP contribution in [0.5, 0.6) is 0 Å². The van der Waals surface area contributed by atoms with Crippen molar-refractivity contribution in [2.24, 2.45) is 0 Å². The van der Waals surface area contributed by atoms with Gasteiger partial charge < -0.3 is 4.90 Å². The zero-order valence-electron chi connectivity index (χ0n) is 14.0. The van der Waals surface area contributed by atoms with Crippen molar-refractivity contribution >= 4 is 21.6 Å². The molecule has 0 unspecified atom stereocenters. The molecule has 1 amide bonds. The summed E-state index contributed by atoms with van der Waals surface area (Å²) in [6.07, 6.45) is 0. The third-order valence-corrected chi connectivity index (χ3v) is 5.45. The second-order valence-corrected chi connectivity index (χ2v) is 7.28. The molecule has 0 bridgehead atoms. The molecule has 0 atom stereocenters. The highest BCUT2D eigenvalue weighted by Crippen LogP contribution is 2.22. The number of nitriles is 2. The molecule has 2 rings (SSSR count). The molecule has 2 aromatic carbocycles. The minimum absolute atomic E-state index is 0.0523. The first kappa shape index (κ1) is 19.0. The Morgan fingerprint density at radius 3 is 2.19 bits per heavy atom. The minimum atomic E-state index is -3.87. The normalized spacial score (nSPS) is 10.4. The molecule has 26 heavy (non-hydrogen) atoms. The quantitative estimate of drug-likeness (QED) is 0.725. The number of amides is 1. The highest BCUT2D eigenvalue weighted by Gasteiger charge is 2.23. The van der Waals surface area contributed by atoms with Gasteiger partial charge in [-0.3, -0.25) is 9.10 Å². The number of carbonyl (C=O) groups excluding carboxylic acids is 1. The van der Waals surface area contributed by atoms with Gasteiger partial charge in [0.2, 0.25) is 0 Å². The average molecular weight is 368 g/mol. The molecule has 0 aliphatic rings. The van der Waals surface area contributed by atoms with E-state index in [0.717, 1.165) is 9.21 Å². The van der Waals surface area contributed by atoms with Crippen LogP contribution >= 0.6 is 0 Å². The molecule has 0 heterocycles. The summed E-state index contributed by atoms with van der Waals surface area (Å²) in [5.74, 6) is -0.576. The number of nitrogens with zero attached hydrogens (tertiary/aromatic N) is 4. The van der Waals surface area contributed by atoms with Gasteiger partial charge in [0.25, 0.3) is 15.9 Å². The van der Waals surface area contributed by atoms with E-state index in [1.165, 1.54) is 31.3 Å². The highest BCUT2D eigenvalue weighted by molar-refractivity contribution is 7.92. The van der Waals surface area contributed by atoms with E-state index in [1.807, 2.05) is 12.1 Å². The summed E-state index contributed by atoms with van der Waals surface area (Å²) >= 11 is 0. The van der Waals surface area contributed by atoms with Gasteiger partial charge in [-0.25, -0.2) is 8.42 Å². The first-order chi connectivity index (χ1) is 12.4. The predicted molar refractivity (Wildman–Crippen MR) is 95.6 cm³/mol. The first-order valence-electron chi connectivity index (χ1n) is 7.59. The third-order valence-electron chi connectivity index (χ3n) is 3.67. The lowest BCUT2D eigenvalue weighted by atomic mass is 10.2. The van der Waals surface area contributed by atoms with Crippen LogP contribution < -0.4 is 4.31 Å². The van der Waals surface area contributed by atoms with Gasteiger partial charge in [0.15, 0.2) is 0 Å². The van der Waals surface area contributed by atoms with Gasteiger partial charge in [-0.2, -0.15) is 10.5 Å². The predicted octanol–water partition coefficient (Wildman–Crippen LogP) is 2.00. The number of hydrogen-bond donors (Lipinski definition) is 0. The van der Waals surface area contributed by atoms with Gasteiger partial charge in [0.05, 0.1) is 22.7 Å². The van der Waals surface area contributed by atoms with Gasteiger partial charge in [-0.15, -0.1) is 0 Å². The summed E-state index contributed by atoms with van der Waals surface area (Å²) in [4.78, 5) is 13.5. The largest absolute Gasteiger partial charge is 0.312 e. The SMILES string of the molecule is CN(c1ccccc1)S(=O)(=O)c1cccc(C(=O)N(CC#N)CC#N)c1. The van der Waals surface area contributed by atoms with Crippen LogP contribution in [0.4, 0.5) is 5.69 Å². The first-order valence-corrected chi connectivity index (χ1v) is 9.03. The van der Waals surface area contributed by atoms with Crippen LogP contribution in [-0.2, 0) is 10.0 Å². The molecule has 0 fully saturated rings. The summed E-state index contributed by atoms with van der Waals surface area (Å²) in [5.41, 5.74) is 0.581. The standard InChI is InChI=1S/C18H16N4O3S/c1-21(16-7-3-2-4-8-16)26(24,25)17-9-5-6-15(14-17)18(23)22(12-10-19)13-11-20/h2-9,14H,12-13H2,1H3. The fourth-order valence-corrected chi connectivity index (χ4v) is 3.52. The third kappa shape index (κ3) is 4.00. The van der Waals surface area contributed by atoms with Gasteiger partial charge in [-0.1, -0.05) is 24.3 Å². The van der Waals surface area contributed by atoms with Crippen molar-refractivity contribution in [2.75, 3.05) is 24.4 Å². The van der Waals surface area contributed by atoms with E-state index in [4.69, 9.17) is 10.5 Å². The van der Waals surface area contributed by atoms with Crippen molar-refractivity contribution < 1.29 is 13.2 Å². The number of sulfonamides is 1. The summed E-state index contributed by atoms with van der Waals surface area (Å²) < 4.78 is 26.8. The monoisotopic (exact) mass is 368 g/mol. The smallest absolute Gasteiger partial charge is 0.264 e. The van der Waals surface area contributed by atoms with Crippen molar-refractivity contribution in [3.05, 3.63) is 60.2 Å². The van der Waals surface area contributed by atoms with E-state index in [-0.39, 0.29) is 23.5 Å². The van der Waals surface area contributed by atoms with Crippen LogP contribution in [-0.4, -0.2) is 39.4 Å². The number of para-hydroxylation sites is 1. The Labute approximate surface area is 152 Å². The Bertz CT molecular complexity index is 959. The van der Waals surface area contributed by atoms with E-state index in [9.17, 15) is 13.2 Å². The molecular formula is C18H16N4O3S. The van der Waals surface area contributed by atoms with Crippen molar-refractivity contribution in [3.63, 3.8) is 0 Å². The van der Waals surface area contributed by atoms with Gasteiger partial charge >= 0.3 is 0 Å². The lowest BCUT2D eigenvalue weighted by molar-refractivity contribution is 0.0794. The lowest BCUT2D eigenvalue weighted by Crippen LogP contribution is -2.32. The maximum Gasteiger partial charge on any atom is 0.264 e. The maximum absolute atomic E-state index is 12.8. The van der Waals surface area contributed by atoms with Crippen LogP contribution in [0.3, 0.4) is 0 Å². The summed E-state index contributed by atoms with van der Waals surface area (Å²) in [6, 6.07) is 17.7. The van der Waals surface area contributed by atoms with E-state index < -0.39 is 15.9 Å². The molecular weight excluding hydrogens is 352 g/mol. The zero-order valence-corrected chi connectivity index (χ0v) is 14.8. The molecule has 0 saturated heterocycles. The Balaban J connectivity index is 2.38. The molecule has 0 aliphatic carbocycles. The van der Waals surface area contributed by atoms with E-state index >= 15 is 0 Å². The number of rotatable bonds is 6. The fraction of sp³-hybridized carbons (Fsp3) is 0.167. The van der Waals surface area contributed by atoms with Crippen LogP contribution in [0, 0.1) is 22.7 Å². The molecule has 8 heteroatoms. The van der Waals surface area contributed by atoms with Crippen LogP contribution in [0.25, 0.3) is 0 Å². The van der Waals surface area contributed by atoms with Crippen LogP contribution in [0.1, 0.15) is 10.4 Å². The minimum Gasteiger partial charge on any atom is -0.312 e. The van der Waals surface area contributed by atoms with Crippen molar-refractivity contribution in [1.82, 2.24) is 4.90 Å². The summed E-state index contributed by atoms with van der Waals surface area (Å²) in [5, 5.41) is 17.6. The number of carbonyl (C=O) groups is 1. The van der Waals surface area contributed by atoms with E-state index in [1.54, 1.807) is 30.3 Å². The Hall–Kier alpha value is -3.36. The van der Waals surface area contributed by atoms with Crippen LogP contribution in [0.2, 0.25) is 0 Å². The molecule has 2 aromatic rings. The second-order valence-electron chi connectivity index (χ2n) is 5.31. The van der Waals surface area contributed by atoms with Crippen molar-refractivity contribution in [3.8, 4) is 12.1 Å². The zero-order chi connectivity index (χ0) is 19.2. The van der Waals surface area contributed by atoms with E-state index in [2.05, 4.69) is 0 Å². The van der Waals surface area contributed by atoms with Gasteiger partial charge in [0.1, 0.15) is 13.1 Å². The fourth-order valence-electron chi connectivity index (χ4n) is 2.28. The molecule has 0 radical (unpaired) electrons. The average Bonchev–Trinajstić information content (AvgIpc) is 2.67. The Morgan fingerprint density at radius 1 is 1.00 bits per heavy atom. The molecule has 0 saturated carbocycles. The van der Waals surface area contributed by atoms with Crippen molar-refractivity contribution in [1.29, 1.82) is 10.5 Å². The molecule has 0 spiro atoms. The Kier molecular flexibility index (Phi) is 5.94. The van der Waals surface area contributed by atoms with Crippen LogP contribution in [0.15, 0.2) is 59.5 Å². The Morgan fingerprint density at radius 2 is 1.62 bits per heavy atom. The lowest BCUT2D eigenvalue weighted by Gasteiger charge is -2.20. The van der Waals surface area contributed by atoms with Crippen molar-refractivity contribution in [2.45, 2.75) is 4.90 Å². The van der Waals surface area contributed by atoms with E-state index in [0.29, 0.717) is 5.69 Å². The molecule has 0 aromatic heterocycles. The molecule has 0 aliphatic heterocycles. The van der Waals surface area contributed by atoms with Gasteiger partial charge in [0, 0.05) is 12.6 Å². The number of hydrogen-bond acceptors (Lipinski definition) is 5. The molecule has 7 nitrogen and oxygen atoms in total. The number of benzene rings is 2. The topological polar surface area (TPSA) is 105 Å². The summed E-state index contributed by atoms with van der Waals surface area (Å²) in [7, 11) is -2.44. The number of anilines is 1. The van der Waals surface area contributed by atoms with Gasteiger partial charge in [-0.05, 0) is 30.3 Å². The molecule has 0 N–H and O–H groups in total.